The number of hydrogen-bond donors (Lipinski definition) is 1. The Morgan fingerprint density at radius 3 is 2.58 bits per heavy atom. The first-order valence-electron chi connectivity index (χ1n) is 10.3. The van der Waals surface area contributed by atoms with Crippen molar-refractivity contribution < 1.29 is 18.7 Å². The van der Waals surface area contributed by atoms with Gasteiger partial charge in [0.1, 0.15) is 0 Å². The number of hydrogen-bond acceptors (Lipinski definition) is 10. The molecule has 2 atom stereocenters. The summed E-state index contributed by atoms with van der Waals surface area (Å²) in [5.41, 5.74) is 5.99. The Morgan fingerprint density at radius 2 is 1.97 bits per heavy atom. The summed E-state index contributed by atoms with van der Waals surface area (Å²) in [4.78, 5) is 33.6. The van der Waals surface area contributed by atoms with Crippen LogP contribution in [0.25, 0.3) is 10.7 Å². The number of carbonyl (C=O) groups excluding carboxylic acids is 1. The first-order chi connectivity index (χ1) is 15.7. The second-order valence-corrected chi connectivity index (χ2v) is 8.96. The van der Waals surface area contributed by atoms with E-state index in [1.807, 2.05) is 18.7 Å². The third-order valence-corrected chi connectivity index (χ3v) is 5.85. The van der Waals surface area contributed by atoms with Crippen LogP contribution in [0.3, 0.4) is 0 Å². The van der Waals surface area contributed by atoms with Crippen LogP contribution in [-0.2, 0) is 4.74 Å². The number of amides is 1. The van der Waals surface area contributed by atoms with Gasteiger partial charge in [-0.15, -0.1) is 0 Å². The van der Waals surface area contributed by atoms with Crippen molar-refractivity contribution in [3.8, 4) is 22.5 Å². The molecule has 3 aromatic rings. The van der Waals surface area contributed by atoms with Crippen LogP contribution in [-0.4, -0.2) is 70.1 Å². The molecule has 3 heterocycles. The van der Waals surface area contributed by atoms with Crippen LogP contribution < -0.4 is 15.4 Å². The highest BCUT2D eigenvalue weighted by Crippen LogP contribution is 2.31. The van der Waals surface area contributed by atoms with Crippen LogP contribution in [0.15, 0.2) is 24.4 Å². The number of morpholine rings is 1. The van der Waals surface area contributed by atoms with Crippen molar-refractivity contribution in [1.29, 1.82) is 0 Å². The highest BCUT2D eigenvalue weighted by atomic mass is 32.1. The summed E-state index contributed by atoms with van der Waals surface area (Å²) in [6, 6.07) is 3.92. The molecule has 174 valence electrons. The van der Waals surface area contributed by atoms with E-state index in [0.717, 1.165) is 6.07 Å². The standard InChI is InChI=1S/C21H24FN7O3S/c1-11-9-31-10-12(2)29(11)20-25-17(16-8-24-19(23)33-16)26-21(27-20)32-15-6-5-13(7-14(15)22)18(30)28(3)4/h5-8,11-12H,9-10H2,1-4H3,(H2,23,24)/t11-,12-/m1/s1. The van der Waals surface area contributed by atoms with Gasteiger partial charge in [-0.25, -0.2) is 9.37 Å². The summed E-state index contributed by atoms with van der Waals surface area (Å²) in [6.07, 6.45) is 1.57. The Hall–Kier alpha value is -3.38. The largest absolute Gasteiger partial charge is 0.421 e. The molecule has 10 nitrogen and oxygen atoms in total. The molecular weight excluding hydrogens is 449 g/mol. The number of nitrogen functional groups attached to an aromatic ring is 1. The van der Waals surface area contributed by atoms with Gasteiger partial charge < -0.3 is 25.0 Å². The summed E-state index contributed by atoms with van der Waals surface area (Å²) < 4.78 is 26.1. The number of nitrogens with zero attached hydrogens (tertiary/aromatic N) is 6. The molecule has 0 saturated carbocycles. The van der Waals surface area contributed by atoms with Crippen LogP contribution in [0.2, 0.25) is 0 Å². The minimum atomic E-state index is -0.707. The monoisotopic (exact) mass is 473 g/mol. The molecule has 0 spiro atoms. The van der Waals surface area contributed by atoms with Crippen molar-refractivity contribution in [2.45, 2.75) is 25.9 Å². The lowest BCUT2D eigenvalue weighted by Crippen LogP contribution is -2.50. The average molecular weight is 474 g/mol. The van der Waals surface area contributed by atoms with E-state index in [4.69, 9.17) is 15.2 Å². The van der Waals surface area contributed by atoms with Crippen molar-refractivity contribution >= 4 is 28.3 Å². The fourth-order valence-electron chi connectivity index (χ4n) is 3.48. The zero-order chi connectivity index (χ0) is 23.7. The molecule has 0 unspecified atom stereocenters. The van der Waals surface area contributed by atoms with E-state index in [9.17, 15) is 9.18 Å². The van der Waals surface area contributed by atoms with Crippen molar-refractivity contribution in [1.82, 2.24) is 24.8 Å². The van der Waals surface area contributed by atoms with E-state index < -0.39 is 5.82 Å². The molecule has 4 rings (SSSR count). The highest BCUT2D eigenvalue weighted by Gasteiger charge is 2.29. The van der Waals surface area contributed by atoms with Crippen LogP contribution in [0.4, 0.5) is 15.5 Å². The molecule has 1 fully saturated rings. The predicted octanol–water partition coefficient (Wildman–Crippen LogP) is 2.82. The van der Waals surface area contributed by atoms with Gasteiger partial charge in [0.15, 0.2) is 22.5 Å². The number of nitrogens with two attached hydrogens (primary N) is 1. The van der Waals surface area contributed by atoms with E-state index in [-0.39, 0.29) is 35.3 Å². The summed E-state index contributed by atoms with van der Waals surface area (Å²) in [7, 11) is 3.19. The summed E-state index contributed by atoms with van der Waals surface area (Å²) in [5.74, 6) is -0.440. The second-order valence-electron chi connectivity index (χ2n) is 7.89. The Kier molecular flexibility index (Phi) is 6.38. The quantitative estimate of drug-likeness (QED) is 0.596. The molecule has 2 aromatic heterocycles. The zero-order valence-corrected chi connectivity index (χ0v) is 19.5. The van der Waals surface area contributed by atoms with Crippen molar-refractivity contribution in [2.75, 3.05) is 37.9 Å². The molecule has 0 radical (unpaired) electrons. The van der Waals surface area contributed by atoms with Crippen molar-refractivity contribution in [3.63, 3.8) is 0 Å². The molecule has 33 heavy (non-hydrogen) atoms. The first-order valence-corrected chi connectivity index (χ1v) is 11.1. The van der Waals surface area contributed by atoms with Gasteiger partial charge in [-0.1, -0.05) is 11.3 Å². The Balaban J connectivity index is 1.72. The summed E-state index contributed by atoms with van der Waals surface area (Å²) in [5, 5.41) is 0.370. The number of rotatable bonds is 5. The van der Waals surface area contributed by atoms with Crippen LogP contribution in [0.5, 0.6) is 11.8 Å². The van der Waals surface area contributed by atoms with E-state index >= 15 is 0 Å². The first kappa shape index (κ1) is 22.8. The predicted molar refractivity (Wildman–Crippen MR) is 122 cm³/mol. The molecule has 1 aliphatic heterocycles. The zero-order valence-electron chi connectivity index (χ0n) is 18.6. The Bertz CT molecular complexity index is 1160. The fourth-order valence-corrected chi connectivity index (χ4v) is 4.10. The molecular formula is C21H24FN7O3S. The summed E-state index contributed by atoms with van der Waals surface area (Å²) >= 11 is 1.22. The van der Waals surface area contributed by atoms with E-state index in [1.54, 1.807) is 20.3 Å². The molecule has 0 aliphatic carbocycles. The van der Waals surface area contributed by atoms with Gasteiger partial charge in [0, 0.05) is 19.7 Å². The third-order valence-electron chi connectivity index (χ3n) is 5.03. The topological polar surface area (TPSA) is 120 Å². The Morgan fingerprint density at radius 1 is 1.24 bits per heavy atom. The molecule has 2 N–H and O–H groups in total. The molecule has 1 amide bonds. The SMILES string of the molecule is C[C@@H]1COC[C@@H](C)N1c1nc(Oc2ccc(C(=O)N(C)C)cc2F)nc(-c2cnc(N)s2)n1. The average Bonchev–Trinajstić information content (AvgIpc) is 3.21. The summed E-state index contributed by atoms with van der Waals surface area (Å²) in [6.45, 7) is 5.05. The minimum Gasteiger partial charge on any atom is -0.421 e. The maximum Gasteiger partial charge on any atom is 0.327 e. The number of halogens is 1. The van der Waals surface area contributed by atoms with Gasteiger partial charge >= 0.3 is 6.01 Å². The molecule has 1 saturated heterocycles. The van der Waals surface area contributed by atoms with Gasteiger partial charge in [-0.05, 0) is 32.0 Å². The maximum atomic E-state index is 14.7. The normalized spacial score (nSPS) is 18.3. The minimum absolute atomic E-state index is 0.0106. The van der Waals surface area contributed by atoms with Gasteiger partial charge in [0.05, 0.1) is 36.4 Å². The number of benzene rings is 1. The second kappa shape index (κ2) is 9.24. The van der Waals surface area contributed by atoms with Crippen molar-refractivity contribution in [2.24, 2.45) is 0 Å². The van der Waals surface area contributed by atoms with Crippen molar-refractivity contribution in [3.05, 3.63) is 35.8 Å². The number of aromatic nitrogens is 4. The molecule has 1 aromatic carbocycles. The van der Waals surface area contributed by atoms with Gasteiger partial charge in [-0.2, -0.15) is 15.0 Å². The highest BCUT2D eigenvalue weighted by molar-refractivity contribution is 7.18. The number of anilines is 2. The number of ether oxygens (including phenoxy) is 2. The van der Waals surface area contributed by atoms with E-state index in [0.29, 0.717) is 35.0 Å². The number of thiazole rings is 1. The Labute approximate surface area is 194 Å². The van der Waals surface area contributed by atoms with Crippen LogP contribution in [0, 0.1) is 5.82 Å². The smallest absolute Gasteiger partial charge is 0.327 e. The van der Waals surface area contributed by atoms with E-state index in [2.05, 4.69) is 19.9 Å². The van der Waals surface area contributed by atoms with Gasteiger partial charge in [-0.3, -0.25) is 4.79 Å². The van der Waals surface area contributed by atoms with E-state index in [1.165, 1.54) is 28.4 Å². The fraction of sp³-hybridized carbons (Fsp3) is 0.381. The molecule has 0 bridgehead atoms. The lowest BCUT2D eigenvalue weighted by atomic mass is 10.2. The van der Waals surface area contributed by atoms with Crippen LogP contribution >= 0.6 is 11.3 Å². The maximum absolute atomic E-state index is 14.7. The third kappa shape index (κ3) is 4.86. The van der Waals surface area contributed by atoms with Gasteiger partial charge in [0.25, 0.3) is 5.91 Å². The lowest BCUT2D eigenvalue weighted by Gasteiger charge is -2.38. The number of carbonyl (C=O) groups is 1. The van der Waals surface area contributed by atoms with Crippen LogP contribution in [0.1, 0.15) is 24.2 Å². The molecule has 1 aliphatic rings. The lowest BCUT2D eigenvalue weighted by molar-refractivity contribution is 0.0746. The van der Waals surface area contributed by atoms with Gasteiger partial charge in [0.2, 0.25) is 5.95 Å². The molecule has 12 heteroatoms.